The summed E-state index contributed by atoms with van der Waals surface area (Å²) in [5.41, 5.74) is 6.37. The van der Waals surface area contributed by atoms with Crippen LogP contribution in [0.3, 0.4) is 0 Å². The first-order valence-corrected chi connectivity index (χ1v) is 11.2. The molecule has 3 rings (SSSR count). The Labute approximate surface area is 237 Å². The summed E-state index contributed by atoms with van der Waals surface area (Å²) in [4.78, 5) is 0. The first kappa shape index (κ1) is 27.6. The summed E-state index contributed by atoms with van der Waals surface area (Å²) >= 11 is 0. The van der Waals surface area contributed by atoms with Crippen molar-refractivity contribution in [3.8, 4) is 0 Å². The van der Waals surface area contributed by atoms with Crippen LogP contribution in [0.2, 0.25) is 0 Å². The third-order valence-corrected chi connectivity index (χ3v) is 5.73. The second-order valence-electron chi connectivity index (χ2n) is 11.9. The maximum Gasteiger partial charge on any atom is 1.00 e. The van der Waals surface area contributed by atoms with Crippen LogP contribution in [0, 0.1) is 20.8 Å². The summed E-state index contributed by atoms with van der Waals surface area (Å²) < 4.78 is 6.21. The third-order valence-electron chi connectivity index (χ3n) is 5.73. The molecule has 0 atom stereocenters. The molecule has 0 saturated carbocycles. The molecule has 3 aromatic heterocycles. The van der Waals surface area contributed by atoms with Crippen LogP contribution >= 0.6 is 0 Å². The minimum Gasteiger partial charge on any atom is -0.422 e. The van der Waals surface area contributed by atoms with Crippen molar-refractivity contribution in [1.29, 1.82) is 0 Å². The minimum atomic E-state index is -0.303. The van der Waals surface area contributed by atoms with Crippen molar-refractivity contribution in [2.24, 2.45) is 0 Å². The molecule has 0 amide bonds. The van der Waals surface area contributed by atoms with Crippen LogP contribution in [0.1, 0.15) is 96.5 Å². The molecule has 32 heavy (non-hydrogen) atoms. The fourth-order valence-electron chi connectivity index (χ4n) is 3.58. The van der Waals surface area contributed by atoms with Crippen molar-refractivity contribution in [1.82, 2.24) is 29.1 Å². The van der Waals surface area contributed by atoms with E-state index in [-0.39, 0.29) is 74.7 Å². The van der Waals surface area contributed by atoms with Crippen molar-refractivity contribution in [2.45, 2.75) is 99.3 Å². The van der Waals surface area contributed by atoms with Gasteiger partial charge < -0.3 is 13.8 Å². The fourth-order valence-corrected chi connectivity index (χ4v) is 3.58. The molecule has 3 heterocycles. The number of rotatable bonds is 3. The Morgan fingerprint density at radius 3 is 0.906 bits per heavy atom. The predicted molar refractivity (Wildman–Crippen MR) is 129 cm³/mol. The molecule has 0 bridgehead atoms. The first-order valence-electron chi connectivity index (χ1n) is 11.2. The predicted octanol–water partition coefficient (Wildman–Crippen LogP) is 2.03. The molecule has 0 N–H and O–H groups in total. The largest absolute Gasteiger partial charge is 1.00 e. The Bertz CT molecular complexity index is 947. The van der Waals surface area contributed by atoms with Gasteiger partial charge >= 0.3 is 51.4 Å². The summed E-state index contributed by atoms with van der Waals surface area (Å²) in [5.74, 6) is 0. The van der Waals surface area contributed by atoms with E-state index in [2.05, 4.69) is 115 Å². The molecule has 0 aliphatic rings. The van der Waals surface area contributed by atoms with Gasteiger partial charge in [-0.05, 0) is 56.1 Å². The smallest absolute Gasteiger partial charge is 0.422 e. The maximum absolute atomic E-state index is 5.05. The number of hydrogen-bond acceptors (Lipinski definition) is 3. The average Bonchev–Trinajstić information content (AvgIpc) is 3.26. The van der Waals surface area contributed by atoms with Gasteiger partial charge in [0.2, 0.25) is 0 Å². The van der Waals surface area contributed by atoms with E-state index in [0.29, 0.717) is 0 Å². The Morgan fingerprint density at radius 2 is 0.750 bits per heavy atom. The van der Waals surface area contributed by atoms with E-state index < -0.39 is 0 Å². The zero-order valence-corrected chi connectivity index (χ0v) is 25.6. The van der Waals surface area contributed by atoms with Gasteiger partial charge in [-0.2, -0.15) is 0 Å². The molecule has 0 unspecified atom stereocenters. The summed E-state index contributed by atoms with van der Waals surface area (Å²) in [7, 11) is -0.303. The zero-order chi connectivity index (χ0) is 23.5. The van der Waals surface area contributed by atoms with E-state index >= 15 is 0 Å². The molecule has 0 saturated heterocycles. The van der Waals surface area contributed by atoms with Crippen LogP contribution in [0.25, 0.3) is 0 Å². The van der Waals surface area contributed by atoms with E-state index in [1.165, 1.54) is 0 Å². The number of aromatic nitrogens is 6. The third kappa shape index (κ3) is 5.52. The SMILES string of the molecule is Cc1cc(C(C)(C)C)nn1[B-](n1nc(C(C)(C)C)cc1C)n1nc(C(C)(C)C)cc1C.[K+]. The Morgan fingerprint density at radius 1 is 0.531 bits per heavy atom. The van der Waals surface area contributed by atoms with Crippen LogP contribution < -0.4 is 51.4 Å². The second kappa shape index (κ2) is 9.17. The standard InChI is InChI=1S/C24H39BN6.K/c1-16-13-19(22(4,5)6)26-29(16)25(30-17(2)14-20(27-30)23(7,8)9)31-18(3)15-21(28-31)24(10,11)12;/h13-15H,1-12H3;/q-1;+1. The monoisotopic (exact) mass is 461 g/mol. The van der Waals surface area contributed by atoms with E-state index in [0.717, 1.165) is 34.2 Å². The van der Waals surface area contributed by atoms with Gasteiger partial charge in [-0.1, -0.05) is 62.3 Å². The quantitative estimate of drug-likeness (QED) is 0.561. The van der Waals surface area contributed by atoms with Gasteiger partial charge in [0.1, 0.15) is 0 Å². The molecule has 6 nitrogen and oxygen atoms in total. The Hall–Kier alpha value is -0.669. The molecule has 8 heteroatoms. The van der Waals surface area contributed by atoms with Crippen LogP contribution in [0.4, 0.5) is 0 Å². The molecule has 0 spiro atoms. The molecule has 0 fully saturated rings. The van der Waals surface area contributed by atoms with Gasteiger partial charge in [-0.25, -0.2) is 15.3 Å². The van der Waals surface area contributed by atoms with E-state index in [1.54, 1.807) is 0 Å². The Balaban J connectivity index is 0.00000363. The van der Waals surface area contributed by atoms with Gasteiger partial charge in [0.05, 0.1) is 17.1 Å². The molecule has 169 valence electrons. The van der Waals surface area contributed by atoms with Gasteiger partial charge in [-0.3, -0.25) is 0 Å². The Kier molecular flexibility index (Phi) is 7.91. The molecule has 0 aliphatic carbocycles. The van der Waals surface area contributed by atoms with Crippen molar-refractivity contribution >= 4 is 7.12 Å². The van der Waals surface area contributed by atoms with E-state index in [1.807, 2.05) is 0 Å². The average molecular weight is 462 g/mol. The van der Waals surface area contributed by atoms with E-state index in [4.69, 9.17) is 15.3 Å². The van der Waals surface area contributed by atoms with Crippen molar-refractivity contribution < 1.29 is 51.4 Å². The van der Waals surface area contributed by atoms with Gasteiger partial charge in [0.15, 0.2) is 0 Å². The normalized spacial score (nSPS) is 13.0. The molecule has 0 aliphatic heterocycles. The first-order chi connectivity index (χ1) is 14.0. The fraction of sp³-hybridized carbons (Fsp3) is 0.625. The summed E-state index contributed by atoms with van der Waals surface area (Å²) in [5, 5.41) is 15.2. The topological polar surface area (TPSA) is 53.5 Å². The van der Waals surface area contributed by atoms with Crippen molar-refractivity contribution in [3.63, 3.8) is 0 Å². The molecular formula is C24H39BKN6. The van der Waals surface area contributed by atoms with Crippen molar-refractivity contribution in [2.75, 3.05) is 0 Å². The number of aryl methyl sites for hydroxylation is 3. The van der Waals surface area contributed by atoms with Gasteiger partial charge in [0, 0.05) is 16.2 Å². The van der Waals surface area contributed by atoms with Crippen molar-refractivity contribution in [3.05, 3.63) is 52.4 Å². The number of nitrogens with zero attached hydrogens (tertiary/aromatic N) is 6. The van der Waals surface area contributed by atoms with Crippen LogP contribution in [-0.4, -0.2) is 36.2 Å². The van der Waals surface area contributed by atoms with Crippen LogP contribution in [-0.2, 0) is 16.2 Å². The molecule has 1 radical (unpaired) electrons. The molecule has 0 aromatic carbocycles. The molecular weight excluding hydrogens is 422 g/mol. The summed E-state index contributed by atoms with van der Waals surface area (Å²) in [6.45, 7) is 26.1. The van der Waals surface area contributed by atoms with Crippen LogP contribution in [0.5, 0.6) is 0 Å². The van der Waals surface area contributed by atoms with E-state index in [9.17, 15) is 0 Å². The summed E-state index contributed by atoms with van der Waals surface area (Å²) in [6, 6.07) is 6.54. The maximum atomic E-state index is 5.05. The number of hydrogen-bond donors (Lipinski definition) is 0. The zero-order valence-electron chi connectivity index (χ0n) is 22.5. The summed E-state index contributed by atoms with van der Waals surface area (Å²) in [6.07, 6.45) is 0. The molecule has 3 aromatic rings. The van der Waals surface area contributed by atoms with Gasteiger partial charge in [-0.15, -0.1) is 0 Å². The van der Waals surface area contributed by atoms with Gasteiger partial charge in [0.25, 0.3) is 7.12 Å². The minimum absolute atomic E-state index is 0. The second-order valence-corrected chi connectivity index (χ2v) is 11.9. The van der Waals surface area contributed by atoms with Crippen LogP contribution in [0.15, 0.2) is 18.2 Å².